The van der Waals surface area contributed by atoms with Crippen LogP contribution in [0, 0.1) is 0 Å². The van der Waals surface area contributed by atoms with Gasteiger partial charge in [0.05, 0.1) is 5.69 Å². The summed E-state index contributed by atoms with van der Waals surface area (Å²) in [5.41, 5.74) is 17.7. The van der Waals surface area contributed by atoms with Gasteiger partial charge in [-0.25, -0.2) is 0 Å². The molecule has 1 nitrogen and oxygen atoms in total. The maximum absolute atomic E-state index is 2.39. The molecule has 0 atom stereocenters. The van der Waals surface area contributed by atoms with Gasteiger partial charge in [0.2, 0.25) is 0 Å². The highest BCUT2D eigenvalue weighted by Gasteiger charge is 2.18. The van der Waals surface area contributed by atoms with Crippen molar-refractivity contribution < 1.29 is 0 Å². The summed E-state index contributed by atoms with van der Waals surface area (Å²) in [6.45, 7) is 0. The molecule has 1 heteroatoms. The topological polar surface area (TPSA) is 3.24 Å². The Kier molecular flexibility index (Phi) is 9.68. The number of hydrogen-bond donors (Lipinski definition) is 0. The standard InChI is InChI=1S/C58H41N/c1-3-13-42(14-4-1)45-29-32-49(33-30-45)57-23-9-10-24-58(57)59(56-22-12-21-53(41-56)43-15-5-2-6-16-43)55-37-35-47(36-38-55)46-25-27-48(28-26-46)51-19-11-20-52(39-51)54-34-31-44-17-7-8-18-50(44)40-54/h1-41H. The maximum atomic E-state index is 2.39. The van der Waals surface area contributed by atoms with E-state index in [4.69, 9.17) is 0 Å². The number of anilines is 3. The van der Waals surface area contributed by atoms with Crippen LogP contribution in [0.25, 0.3) is 77.5 Å². The third-order valence-corrected chi connectivity index (χ3v) is 11.3. The fourth-order valence-electron chi connectivity index (χ4n) is 8.17. The molecular weight excluding hydrogens is 711 g/mol. The quantitative estimate of drug-likeness (QED) is 0.142. The number of fused-ring (bicyclic) bond motifs is 1. The fraction of sp³-hybridized carbons (Fsp3) is 0. The third-order valence-electron chi connectivity index (χ3n) is 11.3. The minimum absolute atomic E-state index is 1.09. The predicted molar refractivity (Wildman–Crippen MR) is 251 cm³/mol. The summed E-state index contributed by atoms with van der Waals surface area (Å²) in [5.74, 6) is 0. The van der Waals surface area contributed by atoms with Crippen molar-refractivity contribution in [3.63, 3.8) is 0 Å². The first kappa shape index (κ1) is 35.7. The molecule has 0 amide bonds. The summed E-state index contributed by atoms with van der Waals surface area (Å²) >= 11 is 0. The van der Waals surface area contributed by atoms with E-state index in [0.29, 0.717) is 0 Å². The van der Waals surface area contributed by atoms with Gasteiger partial charge in [-0.2, -0.15) is 0 Å². The molecule has 0 aromatic heterocycles. The first-order chi connectivity index (χ1) is 29.2. The van der Waals surface area contributed by atoms with E-state index in [-0.39, 0.29) is 0 Å². The van der Waals surface area contributed by atoms with Crippen molar-refractivity contribution in [2.24, 2.45) is 0 Å². The van der Waals surface area contributed by atoms with E-state index < -0.39 is 0 Å². The third kappa shape index (κ3) is 7.46. The van der Waals surface area contributed by atoms with Crippen LogP contribution in [0.15, 0.2) is 249 Å². The van der Waals surface area contributed by atoms with Crippen molar-refractivity contribution in [1.29, 1.82) is 0 Å². The van der Waals surface area contributed by atoms with E-state index >= 15 is 0 Å². The number of rotatable bonds is 9. The minimum Gasteiger partial charge on any atom is -0.310 e. The molecular formula is C58H41N. The second-order valence-electron chi connectivity index (χ2n) is 15.0. The highest BCUT2D eigenvalue weighted by molar-refractivity contribution is 5.91. The van der Waals surface area contributed by atoms with Gasteiger partial charge in [-0.05, 0) is 114 Å². The van der Waals surface area contributed by atoms with Gasteiger partial charge in [-0.1, -0.05) is 206 Å². The van der Waals surface area contributed by atoms with Crippen LogP contribution in [-0.2, 0) is 0 Å². The molecule has 0 aliphatic carbocycles. The van der Waals surface area contributed by atoms with Gasteiger partial charge in [0.25, 0.3) is 0 Å². The van der Waals surface area contributed by atoms with Gasteiger partial charge >= 0.3 is 0 Å². The van der Waals surface area contributed by atoms with Crippen LogP contribution in [0.2, 0.25) is 0 Å². The summed E-state index contributed by atoms with van der Waals surface area (Å²) < 4.78 is 0. The van der Waals surface area contributed by atoms with E-state index in [1.165, 1.54) is 77.5 Å². The number of benzene rings is 10. The zero-order valence-corrected chi connectivity index (χ0v) is 32.6. The summed E-state index contributed by atoms with van der Waals surface area (Å²) in [7, 11) is 0. The SMILES string of the molecule is c1ccc(-c2ccc(-c3ccccc3N(c3ccc(-c4ccc(-c5cccc(-c6ccc7ccccc7c6)c5)cc4)cc3)c3cccc(-c4ccccc4)c3)cc2)cc1. The van der Waals surface area contributed by atoms with Crippen molar-refractivity contribution in [3.8, 4) is 66.8 Å². The first-order valence-corrected chi connectivity index (χ1v) is 20.2. The summed E-state index contributed by atoms with van der Waals surface area (Å²) in [6, 6.07) is 89.8. The number of hydrogen-bond acceptors (Lipinski definition) is 1. The van der Waals surface area contributed by atoms with Crippen LogP contribution >= 0.6 is 0 Å². The molecule has 0 aliphatic rings. The molecule has 59 heavy (non-hydrogen) atoms. The van der Waals surface area contributed by atoms with Crippen molar-refractivity contribution in [2.45, 2.75) is 0 Å². The lowest BCUT2D eigenvalue weighted by atomic mass is 9.96. The van der Waals surface area contributed by atoms with Crippen LogP contribution in [-0.4, -0.2) is 0 Å². The molecule has 0 unspecified atom stereocenters. The Balaban J connectivity index is 0.981. The Morgan fingerprint density at radius 2 is 0.610 bits per heavy atom. The van der Waals surface area contributed by atoms with Gasteiger partial charge in [0.15, 0.2) is 0 Å². The molecule has 0 N–H and O–H groups in total. The van der Waals surface area contributed by atoms with Gasteiger partial charge in [0.1, 0.15) is 0 Å². The molecule has 0 fully saturated rings. The van der Waals surface area contributed by atoms with Crippen molar-refractivity contribution in [1.82, 2.24) is 0 Å². The highest BCUT2D eigenvalue weighted by atomic mass is 15.1. The average molecular weight is 752 g/mol. The molecule has 10 rings (SSSR count). The Morgan fingerprint density at radius 1 is 0.203 bits per heavy atom. The molecule has 0 saturated heterocycles. The first-order valence-electron chi connectivity index (χ1n) is 20.2. The lowest BCUT2D eigenvalue weighted by molar-refractivity contribution is 1.28. The Morgan fingerprint density at radius 3 is 1.27 bits per heavy atom. The molecule has 0 spiro atoms. The zero-order chi connectivity index (χ0) is 39.4. The van der Waals surface area contributed by atoms with Crippen LogP contribution in [0.3, 0.4) is 0 Å². The van der Waals surface area contributed by atoms with Gasteiger partial charge in [-0.15, -0.1) is 0 Å². The Labute approximate surface area is 346 Å². The van der Waals surface area contributed by atoms with E-state index in [1.807, 2.05) is 0 Å². The Hall–Kier alpha value is -7.74. The number of para-hydroxylation sites is 1. The molecule has 10 aromatic carbocycles. The van der Waals surface area contributed by atoms with Crippen LogP contribution in [0.5, 0.6) is 0 Å². The second kappa shape index (κ2) is 16.0. The second-order valence-corrected chi connectivity index (χ2v) is 15.0. The van der Waals surface area contributed by atoms with Crippen molar-refractivity contribution in [3.05, 3.63) is 249 Å². The normalized spacial score (nSPS) is 11.1. The molecule has 0 saturated carbocycles. The molecule has 0 bridgehead atoms. The van der Waals surface area contributed by atoms with E-state index in [9.17, 15) is 0 Å². The molecule has 0 heterocycles. The molecule has 0 radical (unpaired) electrons. The largest absolute Gasteiger partial charge is 0.310 e. The maximum Gasteiger partial charge on any atom is 0.0540 e. The molecule has 0 aliphatic heterocycles. The minimum atomic E-state index is 1.09. The molecule has 278 valence electrons. The summed E-state index contributed by atoms with van der Waals surface area (Å²) in [5, 5.41) is 2.52. The summed E-state index contributed by atoms with van der Waals surface area (Å²) in [6.07, 6.45) is 0. The van der Waals surface area contributed by atoms with Crippen LogP contribution in [0.1, 0.15) is 0 Å². The smallest absolute Gasteiger partial charge is 0.0540 e. The highest BCUT2D eigenvalue weighted by Crippen LogP contribution is 2.43. The van der Waals surface area contributed by atoms with E-state index in [2.05, 4.69) is 254 Å². The van der Waals surface area contributed by atoms with Crippen LogP contribution in [0.4, 0.5) is 17.1 Å². The van der Waals surface area contributed by atoms with E-state index in [1.54, 1.807) is 0 Å². The molecule has 10 aromatic rings. The van der Waals surface area contributed by atoms with Crippen LogP contribution < -0.4 is 4.90 Å². The van der Waals surface area contributed by atoms with Crippen molar-refractivity contribution >= 4 is 27.8 Å². The predicted octanol–water partition coefficient (Wildman–Crippen LogP) is 16.3. The van der Waals surface area contributed by atoms with Gasteiger partial charge in [-0.3, -0.25) is 0 Å². The lowest BCUT2D eigenvalue weighted by Crippen LogP contribution is -2.11. The van der Waals surface area contributed by atoms with Gasteiger partial charge in [0, 0.05) is 16.9 Å². The number of nitrogens with zero attached hydrogens (tertiary/aromatic N) is 1. The lowest BCUT2D eigenvalue weighted by Gasteiger charge is -2.28. The fourth-order valence-corrected chi connectivity index (χ4v) is 8.17. The van der Waals surface area contributed by atoms with Crippen molar-refractivity contribution in [2.75, 3.05) is 4.90 Å². The summed E-state index contributed by atoms with van der Waals surface area (Å²) in [4.78, 5) is 2.39. The van der Waals surface area contributed by atoms with Gasteiger partial charge < -0.3 is 4.90 Å². The zero-order valence-electron chi connectivity index (χ0n) is 32.6. The van der Waals surface area contributed by atoms with E-state index in [0.717, 1.165) is 17.1 Å². The average Bonchev–Trinajstić information content (AvgIpc) is 3.33. The monoisotopic (exact) mass is 751 g/mol. The Bertz CT molecular complexity index is 3000.